The minimum absolute atomic E-state index is 0.101. The number of hydrogen-bond acceptors (Lipinski definition) is 3. The Hall–Kier alpha value is -0.580. The molecule has 0 aliphatic carbocycles. The van der Waals surface area contributed by atoms with Gasteiger partial charge in [-0.3, -0.25) is 0 Å². The third-order valence-corrected chi connectivity index (χ3v) is 3.15. The molecule has 0 bridgehead atoms. The highest BCUT2D eigenvalue weighted by Crippen LogP contribution is 2.28. The molecule has 4 heteroatoms. The zero-order valence-corrected chi connectivity index (χ0v) is 12.0. The van der Waals surface area contributed by atoms with E-state index >= 15 is 0 Å². The third kappa shape index (κ3) is 4.66. The minimum atomic E-state index is 0.101. The van der Waals surface area contributed by atoms with E-state index in [0.29, 0.717) is 13.2 Å². The van der Waals surface area contributed by atoms with Crippen LogP contribution < -0.4 is 10.5 Å². The molecule has 0 saturated heterocycles. The van der Waals surface area contributed by atoms with Gasteiger partial charge < -0.3 is 15.2 Å². The number of halogens is 1. The van der Waals surface area contributed by atoms with Crippen LogP contribution in [-0.2, 0) is 4.74 Å². The van der Waals surface area contributed by atoms with Gasteiger partial charge in [-0.15, -0.1) is 0 Å². The molecule has 0 spiro atoms. The summed E-state index contributed by atoms with van der Waals surface area (Å²) in [6.45, 7) is 3.27. The first-order chi connectivity index (χ1) is 8.19. The number of benzene rings is 1. The Morgan fingerprint density at radius 1 is 1.35 bits per heavy atom. The molecule has 1 aromatic rings. The van der Waals surface area contributed by atoms with Gasteiger partial charge in [0.1, 0.15) is 12.4 Å². The molecular weight excluding hydrogens is 282 g/mol. The first kappa shape index (κ1) is 14.5. The molecular formula is C13H20BrNO2. The van der Waals surface area contributed by atoms with Crippen LogP contribution in [-0.4, -0.2) is 20.3 Å². The number of rotatable bonds is 7. The maximum Gasteiger partial charge on any atom is 0.133 e. The fraction of sp³-hybridized carbons (Fsp3) is 0.538. The number of hydrogen-bond donors (Lipinski definition) is 1. The fourth-order valence-electron chi connectivity index (χ4n) is 1.58. The van der Waals surface area contributed by atoms with Crippen molar-refractivity contribution in [2.75, 3.05) is 20.3 Å². The Balaban J connectivity index is 2.65. The second kappa shape index (κ2) is 7.69. The summed E-state index contributed by atoms with van der Waals surface area (Å²) in [6, 6.07) is 6.10. The summed E-state index contributed by atoms with van der Waals surface area (Å²) in [7, 11) is 1.66. The highest BCUT2D eigenvalue weighted by Gasteiger charge is 2.08. The van der Waals surface area contributed by atoms with Gasteiger partial charge in [0, 0.05) is 13.2 Å². The smallest absolute Gasteiger partial charge is 0.133 e. The third-order valence-electron chi connectivity index (χ3n) is 2.53. The van der Waals surface area contributed by atoms with Crippen molar-refractivity contribution in [1.82, 2.24) is 0 Å². The summed E-state index contributed by atoms with van der Waals surface area (Å²) >= 11 is 3.50. The topological polar surface area (TPSA) is 44.5 Å². The Labute approximate surface area is 111 Å². The van der Waals surface area contributed by atoms with Crippen molar-refractivity contribution in [3.63, 3.8) is 0 Å². The van der Waals surface area contributed by atoms with Crippen molar-refractivity contribution in [1.29, 1.82) is 0 Å². The van der Waals surface area contributed by atoms with Crippen LogP contribution in [0.2, 0.25) is 0 Å². The second-order valence-electron chi connectivity index (χ2n) is 3.93. The quantitative estimate of drug-likeness (QED) is 0.786. The lowest BCUT2D eigenvalue weighted by Gasteiger charge is -2.13. The fourth-order valence-corrected chi connectivity index (χ4v) is 2.09. The lowest BCUT2D eigenvalue weighted by Crippen LogP contribution is -2.10. The van der Waals surface area contributed by atoms with Gasteiger partial charge in [0.15, 0.2) is 0 Å². The first-order valence-corrected chi connectivity index (χ1v) is 6.65. The molecule has 1 atom stereocenters. The summed E-state index contributed by atoms with van der Waals surface area (Å²) in [4.78, 5) is 0. The number of nitrogens with two attached hydrogens (primary N) is 1. The van der Waals surface area contributed by atoms with Crippen LogP contribution in [0.5, 0.6) is 5.75 Å². The van der Waals surface area contributed by atoms with Crippen LogP contribution in [0.25, 0.3) is 0 Å². The van der Waals surface area contributed by atoms with Gasteiger partial charge in [-0.1, -0.05) is 19.4 Å². The minimum Gasteiger partial charge on any atom is -0.490 e. The van der Waals surface area contributed by atoms with E-state index < -0.39 is 0 Å². The Morgan fingerprint density at radius 3 is 2.71 bits per heavy atom. The zero-order valence-electron chi connectivity index (χ0n) is 10.4. The van der Waals surface area contributed by atoms with E-state index in [-0.39, 0.29) is 6.04 Å². The molecule has 1 unspecified atom stereocenters. The van der Waals surface area contributed by atoms with Crippen LogP contribution in [0.4, 0.5) is 0 Å². The summed E-state index contributed by atoms with van der Waals surface area (Å²) < 4.78 is 11.4. The van der Waals surface area contributed by atoms with Crippen LogP contribution in [0.15, 0.2) is 22.7 Å². The van der Waals surface area contributed by atoms with Crippen molar-refractivity contribution in [3.8, 4) is 5.75 Å². The first-order valence-electron chi connectivity index (χ1n) is 5.85. The normalized spacial score (nSPS) is 12.5. The van der Waals surface area contributed by atoms with Crippen LogP contribution >= 0.6 is 15.9 Å². The molecule has 1 rings (SSSR count). The van der Waals surface area contributed by atoms with E-state index in [1.165, 1.54) is 0 Å². The Kier molecular flexibility index (Phi) is 6.55. The van der Waals surface area contributed by atoms with E-state index in [2.05, 4.69) is 22.9 Å². The zero-order chi connectivity index (χ0) is 12.7. The predicted octanol–water partition coefficient (Wildman–Crippen LogP) is 3.27. The SMILES string of the molecule is CCCC(N)c1ccc(OCCOC)c(Br)c1. The standard InChI is InChI=1S/C13H20BrNO2/c1-3-4-12(15)10-5-6-13(11(14)9-10)17-8-7-16-2/h5-6,9,12H,3-4,7-8,15H2,1-2H3. The summed E-state index contributed by atoms with van der Waals surface area (Å²) in [6.07, 6.45) is 2.08. The molecule has 96 valence electrons. The lowest BCUT2D eigenvalue weighted by molar-refractivity contribution is 0.146. The van der Waals surface area contributed by atoms with Gasteiger partial charge in [-0.25, -0.2) is 0 Å². The number of methoxy groups -OCH3 is 1. The molecule has 0 aliphatic heterocycles. The van der Waals surface area contributed by atoms with Crippen LogP contribution in [0, 0.1) is 0 Å². The Morgan fingerprint density at radius 2 is 2.12 bits per heavy atom. The van der Waals surface area contributed by atoms with Gasteiger partial charge >= 0.3 is 0 Å². The molecule has 1 aromatic carbocycles. The monoisotopic (exact) mass is 301 g/mol. The molecule has 2 N–H and O–H groups in total. The van der Waals surface area contributed by atoms with E-state index in [0.717, 1.165) is 28.6 Å². The van der Waals surface area contributed by atoms with Crippen LogP contribution in [0.1, 0.15) is 31.4 Å². The highest BCUT2D eigenvalue weighted by molar-refractivity contribution is 9.10. The van der Waals surface area contributed by atoms with E-state index in [1.54, 1.807) is 7.11 Å². The maximum atomic E-state index is 6.06. The molecule has 0 radical (unpaired) electrons. The van der Waals surface area contributed by atoms with Crippen molar-refractivity contribution >= 4 is 15.9 Å². The summed E-state index contributed by atoms with van der Waals surface area (Å²) in [5.41, 5.74) is 7.20. The van der Waals surface area contributed by atoms with E-state index in [9.17, 15) is 0 Å². The van der Waals surface area contributed by atoms with E-state index in [4.69, 9.17) is 15.2 Å². The molecule has 0 saturated carbocycles. The van der Waals surface area contributed by atoms with E-state index in [1.807, 2.05) is 18.2 Å². The molecule has 0 amide bonds. The Bertz CT molecular complexity index is 344. The largest absolute Gasteiger partial charge is 0.490 e. The molecule has 0 aromatic heterocycles. The lowest BCUT2D eigenvalue weighted by atomic mass is 10.0. The highest BCUT2D eigenvalue weighted by atomic mass is 79.9. The molecule has 0 fully saturated rings. The average Bonchev–Trinajstić information content (AvgIpc) is 2.31. The number of ether oxygens (including phenoxy) is 2. The van der Waals surface area contributed by atoms with Crippen molar-refractivity contribution in [2.24, 2.45) is 5.73 Å². The van der Waals surface area contributed by atoms with Gasteiger partial charge in [0.25, 0.3) is 0 Å². The van der Waals surface area contributed by atoms with Crippen molar-refractivity contribution < 1.29 is 9.47 Å². The van der Waals surface area contributed by atoms with Gasteiger partial charge in [0.2, 0.25) is 0 Å². The molecule has 3 nitrogen and oxygen atoms in total. The molecule has 17 heavy (non-hydrogen) atoms. The summed E-state index contributed by atoms with van der Waals surface area (Å²) in [5.74, 6) is 0.828. The van der Waals surface area contributed by atoms with Gasteiger partial charge in [-0.2, -0.15) is 0 Å². The average molecular weight is 302 g/mol. The second-order valence-corrected chi connectivity index (χ2v) is 4.78. The van der Waals surface area contributed by atoms with Crippen molar-refractivity contribution in [2.45, 2.75) is 25.8 Å². The van der Waals surface area contributed by atoms with Crippen molar-refractivity contribution in [3.05, 3.63) is 28.2 Å². The summed E-state index contributed by atoms with van der Waals surface area (Å²) in [5, 5.41) is 0. The predicted molar refractivity (Wildman–Crippen MR) is 73.3 cm³/mol. The molecule has 0 heterocycles. The molecule has 0 aliphatic rings. The van der Waals surface area contributed by atoms with Gasteiger partial charge in [-0.05, 0) is 40.0 Å². The van der Waals surface area contributed by atoms with Crippen LogP contribution in [0.3, 0.4) is 0 Å². The maximum absolute atomic E-state index is 6.06. The van der Waals surface area contributed by atoms with Gasteiger partial charge in [0.05, 0.1) is 11.1 Å².